The molecule has 0 amide bonds. The Morgan fingerprint density at radius 3 is 2.00 bits per heavy atom. The summed E-state index contributed by atoms with van der Waals surface area (Å²) in [6.07, 6.45) is 0. The number of aliphatic hydroxyl groups excluding tert-OH is 1. The molecular formula is C2H4ClO. The van der Waals surface area contributed by atoms with Crippen LogP contribution < -0.4 is 0 Å². The zero-order valence-corrected chi connectivity index (χ0v) is 3.08. The number of aliphatic hydroxyl groups is 1. The van der Waals surface area contributed by atoms with Crippen molar-refractivity contribution in [2.24, 2.45) is 0 Å². The third kappa shape index (κ3) is 56.3. The molecule has 1 nitrogen and oxygen atoms in total. The minimum atomic E-state index is -0.111. The zero-order valence-electron chi connectivity index (χ0n) is 2.33. The second-order valence-corrected chi connectivity index (χ2v) is 1.04. The van der Waals surface area contributed by atoms with Crippen LogP contribution in [-0.2, 0) is 0 Å². The van der Waals surface area contributed by atoms with E-state index in [0.717, 1.165) is 0 Å². The van der Waals surface area contributed by atoms with Gasteiger partial charge in [0, 0.05) is 0 Å². The molecule has 0 aliphatic carbocycles. The summed E-state index contributed by atoms with van der Waals surface area (Å²) < 4.78 is 0. The lowest BCUT2D eigenvalue weighted by atomic mass is 10.9. The molecule has 0 saturated carbocycles. The van der Waals surface area contributed by atoms with E-state index in [4.69, 9.17) is 16.7 Å². The van der Waals surface area contributed by atoms with Crippen LogP contribution in [0.1, 0.15) is 6.92 Å². The van der Waals surface area contributed by atoms with Crippen LogP contribution in [0.25, 0.3) is 0 Å². The summed E-state index contributed by atoms with van der Waals surface area (Å²) >= 11 is 4.75. The molecule has 0 bridgehead atoms. The average Bonchev–Trinajstić information content (AvgIpc) is 0.811. The van der Waals surface area contributed by atoms with Crippen molar-refractivity contribution in [2.75, 3.05) is 0 Å². The third-order valence-electron chi connectivity index (χ3n) is 0. The van der Waals surface area contributed by atoms with Gasteiger partial charge in [-0.15, -0.1) is 0 Å². The Kier molecular flexibility index (Phi) is 1.66. The molecule has 0 aliphatic rings. The second kappa shape index (κ2) is 1.56. The molecule has 0 aromatic carbocycles. The van der Waals surface area contributed by atoms with Crippen molar-refractivity contribution < 1.29 is 5.11 Å². The van der Waals surface area contributed by atoms with E-state index >= 15 is 0 Å². The monoisotopic (exact) mass is 79.0 g/mol. The van der Waals surface area contributed by atoms with Crippen molar-refractivity contribution in [3.05, 3.63) is 5.56 Å². The first-order valence-electron chi connectivity index (χ1n) is 0.913. The Labute approximate surface area is 30.2 Å². The Hall–Kier alpha value is 0.250. The highest BCUT2D eigenvalue weighted by Gasteiger charge is 1.76. The highest BCUT2D eigenvalue weighted by Crippen LogP contribution is 1.92. The van der Waals surface area contributed by atoms with Crippen LogP contribution >= 0.6 is 11.6 Å². The van der Waals surface area contributed by atoms with Crippen molar-refractivity contribution in [3.63, 3.8) is 0 Å². The lowest BCUT2D eigenvalue weighted by Crippen LogP contribution is -1.64. The molecule has 0 spiro atoms. The summed E-state index contributed by atoms with van der Waals surface area (Å²) in [5.41, 5.74) is -0.111. The standard InChI is InChI=1S/C2H4ClO/c1-2(3)4/h4H,1H3. The van der Waals surface area contributed by atoms with Gasteiger partial charge in [-0.25, -0.2) is 0 Å². The predicted octanol–water partition coefficient (Wildman–Crippen LogP) is 1.11. The highest BCUT2D eigenvalue weighted by molar-refractivity contribution is 6.25. The molecule has 0 rings (SSSR count). The molecular weight excluding hydrogens is 75.5 g/mol. The Morgan fingerprint density at radius 2 is 2.00 bits per heavy atom. The molecule has 1 radical (unpaired) electrons. The van der Waals surface area contributed by atoms with E-state index in [0.29, 0.717) is 0 Å². The summed E-state index contributed by atoms with van der Waals surface area (Å²) in [6.45, 7) is 1.40. The smallest absolute Gasteiger partial charge is 0.178 e. The molecule has 0 unspecified atom stereocenters. The fourth-order valence-corrected chi connectivity index (χ4v) is 0. The molecule has 25 valence electrons. The third-order valence-corrected chi connectivity index (χ3v) is 0. The Balaban J connectivity index is 2.32. The molecule has 0 aromatic heterocycles. The van der Waals surface area contributed by atoms with Crippen molar-refractivity contribution in [1.29, 1.82) is 0 Å². The van der Waals surface area contributed by atoms with E-state index in [-0.39, 0.29) is 5.56 Å². The van der Waals surface area contributed by atoms with Gasteiger partial charge in [0.25, 0.3) is 0 Å². The maximum Gasteiger partial charge on any atom is 0.178 e. The van der Waals surface area contributed by atoms with Gasteiger partial charge in [-0.05, 0) is 6.92 Å². The second-order valence-electron chi connectivity index (χ2n) is 0.497. The van der Waals surface area contributed by atoms with Gasteiger partial charge < -0.3 is 5.11 Å². The van der Waals surface area contributed by atoms with Crippen molar-refractivity contribution in [3.8, 4) is 0 Å². The van der Waals surface area contributed by atoms with Crippen LogP contribution in [0.5, 0.6) is 0 Å². The van der Waals surface area contributed by atoms with Gasteiger partial charge in [0.05, 0.1) is 0 Å². The minimum absolute atomic E-state index is 0.111. The molecule has 1 N–H and O–H groups in total. The zero-order chi connectivity index (χ0) is 3.58. The number of halogens is 1. The van der Waals surface area contributed by atoms with E-state index in [1.54, 1.807) is 0 Å². The summed E-state index contributed by atoms with van der Waals surface area (Å²) in [4.78, 5) is 0. The van der Waals surface area contributed by atoms with Crippen molar-refractivity contribution >= 4 is 11.6 Å². The molecule has 0 aliphatic heterocycles. The van der Waals surface area contributed by atoms with Gasteiger partial charge in [-0.1, -0.05) is 11.6 Å². The topological polar surface area (TPSA) is 20.2 Å². The summed E-state index contributed by atoms with van der Waals surface area (Å²) in [5.74, 6) is 0. The van der Waals surface area contributed by atoms with Crippen molar-refractivity contribution in [1.82, 2.24) is 0 Å². The predicted molar refractivity (Wildman–Crippen MR) is 16.7 cm³/mol. The lowest BCUT2D eigenvalue weighted by Gasteiger charge is -1.74. The molecule has 0 atom stereocenters. The fraction of sp³-hybridized carbons (Fsp3) is 0.500. The van der Waals surface area contributed by atoms with Gasteiger partial charge in [-0.3, -0.25) is 0 Å². The van der Waals surface area contributed by atoms with Gasteiger partial charge in [0.1, 0.15) is 0 Å². The maximum absolute atomic E-state index is 7.74. The van der Waals surface area contributed by atoms with Crippen LogP contribution in [0.2, 0.25) is 0 Å². The Bertz CT molecular complexity index is 10.8. The first-order chi connectivity index (χ1) is 1.73. The van der Waals surface area contributed by atoms with E-state index in [1.165, 1.54) is 6.92 Å². The number of hydrogen-bond donors (Lipinski definition) is 1. The van der Waals surface area contributed by atoms with Crippen LogP contribution in [-0.4, -0.2) is 5.11 Å². The van der Waals surface area contributed by atoms with Gasteiger partial charge in [-0.2, -0.15) is 0 Å². The van der Waals surface area contributed by atoms with E-state index < -0.39 is 0 Å². The van der Waals surface area contributed by atoms with Gasteiger partial charge >= 0.3 is 0 Å². The van der Waals surface area contributed by atoms with Crippen molar-refractivity contribution in [2.45, 2.75) is 6.92 Å². The quantitative estimate of drug-likeness (QED) is 0.461. The first-order valence-corrected chi connectivity index (χ1v) is 1.29. The molecule has 2 heteroatoms. The van der Waals surface area contributed by atoms with Crippen LogP contribution in [0, 0.1) is 5.56 Å². The first kappa shape index (κ1) is 4.25. The molecule has 0 heterocycles. The van der Waals surface area contributed by atoms with Crippen LogP contribution in [0.3, 0.4) is 0 Å². The van der Waals surface area contributed by atoms with Crippen LogP contribution in [0.15, 0.2) is 0 Å². The maximum atomic E-state index is 7.74. The normalized spacial score (nSPS) is 9.00. The largest absolute Gasteiger partial charge is 0.371 e. The summed E-state index contributed by atoms with van der Waals surface area (Å²) in [7, 11) is 0. The van der Waals surface area contributed by atoms with Crippen LogP contribution in [0.4, 0.5) is 0 Å². The molecule has 0 saturated heterocycles. The summed E-state index contributed by atoms with van der Waals surface area (Å²) in [5, 5.41) is 7.74. The Morgan fingerprint density at radius 1 is 2.00 bits per heavy atom. The summed E-state index contributed by atoms with van der Waals surface area (Å²) in [6, 6.07) is 0. The SMILES string of the molecule is C[C](O)Cl. The average molecular weight is 79.5 g/mol. The molecule has 4 heavy (non-hydrogen) atoms. The fourth-order valence-electron chi connectivity index (χ4n) is 0. The highest BCUT2D eigenvalue weighted by atomic mass is 35.5. The van der Waals surface area contributed by atoms with E-state index in [9.17, 15) is 0 Å². The van der Waals surface area contributed by atoms with E-state index in [2.05, 4.69) is 0 Å². The lowest BCUT2D eigenvalue weighted by molar-refractivity contribution is 0.373. The van der Waals surface area contributed by atoms with Gasteiger partial charge in [0.15, 0.2) is 5.56 Å². The number of hydrogen-bond acceptors (Lipinski definition) is 1. The van der Waals surface area contributed by atoms with E-state index in [1.807, 2.05) is 0 Å². The van der Waals surface area contributed by atoms with Gasteiger partial charge in [0.2, 0.25) is 0 Å². The minimum Gasteiger partial charge on any atom is -0.371 e. The molecule has 0 fully saturated rings. The number of rotatable bonds is 0. The molecule has 0 aromatic rings.